The standard InChI is InChI=1S/C46H58N4O9.C45H54N4O8/c1-8-42(54)23-28-24-45(40(52)57-6,36-30(15-19-49(25-28)26-42)29-13-10-11-14-33(29)47-36)32-21-31-34(22-35(32)56-5)48(4)38-44(31)17-20-50-18-12-16-43(9-2,37(44)50)39(59-27(3)51)46(38,55)41(53)58-7;1-8-27-19-28-22-44(40(51)55-6,36-30(25-48(23-27)24-28)29-13-10-11-14-33(29)46-36)32-20-31-34(21-35(32)54-5)47(4)38-43(31)16-18-49-17-12-15-42(9-2,37(43)49)39(57-26(3)50)45(38,53)41(52)56-7/h10-14,16,21-22,28,37-39,47,54-55H,8-9,15,17-20,23-26H2,1-7H3;10-15,19-21,28,37-39,46,53H,8-9,16-18,22-25H2,1-7H3/t28-,37-,38+,39+,42-,43+,44+,45-,46-;28-,37-,38+,39+,42+,43+,44-,45-/m00/s1. The number of ether oxygens (including phenoxy) is 8. The van der Waals surface area contributed by atoms with E-state index in [4.69, 9.17) is 37.9 Å². The maximum absolute atomic E-state index is 15.3. The van der Waals surface area contributed by atoms with Gasteiger partial charge in [0.2, 0.25) is 11.2 Å². The van der Waals surface area contributed by atoms with Crippen LogP contribution in [0.4, 0.5) is 11.4 Å². The molecule has 2 spiro atoms. The fourth-order valence-electron chi connectivity index (χ4n) is 26.4. The number of carbonyl (C=O) groups is 6. The monoisotopic (exact) mass is 1590 g/mol. The van der Waals surface area contributed by atoms with Gasteiger partial charge in [-0.15, -0.1) is 0 Å². The number of aromatic nitrogens is 2. The number of nitrogens with one attached hydrogen (secondary N) is 2. The molecule has 0 radical (unpaired) electrons. The zero-order valence-corrected chi connectivity index (χ0v) is 69.3. The lowest BCUT2D eigenvalue weighted by atomic mass is 9.47. The highest BCUT2D eigenvalue weighted by molar-refractivity contribution is 5.97. The number of piperidine rings is 1. The molecule has 6 aromatic rings. The van der Waals surface area contributed by atoms with Gasteiger partial charge in [0.1, 0.15) is 22.3 Å². The number of para-hydroxylation sites is 2. The Morgan fingerprint density at radius 1 is 0.526 bits per heavy atom. The number of esters is 6. The van der Waals surface area contributed by atoms with Crippen LogP contribution in [-0.2, 0) is 91.8 Å². The van der Waals surface area contributed by atoms with Gasteiger partial charge in [0.15, 0.2) is 12.2 Å². The normalized spacial score (nSPS) is 36.0. The van der Waals surface area contributed by atoms with E-state index in [1.165, 1.54) is 47.9 Å². The molecule has 4 bridgehead atoms. The Labute approximate surface area is 677 Å². The number of nitrogens with zero attached hydrogens (tertiary/aromatic N) is 6. The molecule has 2 unspecified atom stereocenters. The van der Waals surface area contributed by atoms with Gasteiger partial charge in [0.25, 0.3) is 0 Å². The Morgan fingerprint density at radius 2 is 1.00 bits per heavy atom. The zero-order chi connectivity index (χ0) is 82.1. The number of fused-ring (bicyclic) bond motifs is 12. The number of H-pyrrole nitrogens is 2. The first-order chi connectivity index (χ1) is 55.6. The summed E-state index contributed by atoms with van der Waals surface area (Å²) in [6.45, 7) is 17.8. The van der Waals surface area contributed by atoms with Crippen molar-refractivity contribution in [2.75, 3.05) is 125 Å². The summed E-state index contributed by atoms with van der Waals surface area (Å²) >= 11 is 0. The van der Waals surface area contributed by atoms with Crippen LogP contribution in [0.5, 0.6) is 11.5 Å². The van der Waals surface area contributed by atoms with Crippen molar-refractivity contribution in [3.63, 3.8) is 0 Å². The first-order valence-corrected chi connectivity index (χ1v) is 41.6. The second-order valence-corrected chi connectivity index (χ2v) is 35.4. The predicted molar refractivity (Wildman–Crippen MR) is 435 cm³/mol. The summed E-state index contributed by atoms with van der Waals surface area (Å²) in [5, 5.41) is 40.7. The Morgan fingerprint density at radius 3 is 1.46 bits per heavy atom. The van der Waals surface area contributed by atoms with Gasteiger partial charge in [-0.1, -0.05) is 100 Å². The number of likely N-dealkylation sites (N-methyl/N-ethyl adjacent to an activating group) is 2. The maximum atomic E-state index is 15.3. The van der Waals surface area contributed by atoms with Crippen LogP contribution in [-0.4, -0.2) is 250 Å². The van der Waals surface area contributed by atoms with Crippen LogP contribution in [0, 0.1) is 22.7 Å². The maximum Gasteiger partial charge on any atom is 0.344 e. The summed E-state index contributed by atoms with van der Waals surface area (Å²) in [7, 11) is 12.4. The van der Waals surface area contributed by atoms with Gasteiger partial charge >= 0.3 is 35.8 Å². The second kappa shape index (κ2) is 28.3. The van der Waals surface area contributed by atoms with Gasteiger partial charge < -0.3 is 73.0 Å². The van der Waals surface area contributed by atoms with Crippen molar-refractivity contribution in [2.45, 2.75) is 187 Å². The van der Waals surface area contributed by atoms with Crippen molar-refractivity contribution in [3.8, 4) is 11.5 Å². The van der Waals surface area contributed by atoms with Gasteiger partial charge in [0, 0.05) is 182 Å². The van der Waals surface area contributed by atoms with Crippen LogP contribution in [0.25, 0.3) is 21.8 Å². The molecule has 2 aromatic heterocycles. The van der Waals surface area contributed by atoms with Crippen LogP contribution in [0.15, 0.2) is 109 Å². The number of carbonyl (C=O) groups excluding carboxylic acids is 6. The Bertz CT molecular complexity index is 5130. The largest absolute Gasteiger partial charge is 0.496 e. The Hall–Kier alpha value is -9.08. The van der Waals surface area contributed by atoms with E-state index in [2.05, 4.69) is 97.2 Å². The molecule has 10 aliphatic heterocycles. The van der Waals surface area contributed by atoms with E-state index in [0.29, 0.717) is 133 Å². The molecule has 25 nitrogen and oxygen atoms in total. The second-order valence-electron chi connectivity index (χ2n) is 35.4. The molecule has 2 aliphatic carbocycles. The molecule has 0 amide bonds. The van der Waals surface area contributed by atoms with Crippen LogP contribution in [0.3, 0.4) is 0 Å². The molecule has 5 fully saturated rings. The van der Waals surface area contributed by atoms with Gasteiger partial charge in [-0.2, -0.15) is 0 Å². The van der Waals surface area contributed by atoms with Crippen molar-refractivity contribution in [2.24, 2.45) is 22.7 Å². The van der Waals surface area contributed by atoms with Crippen LogP contribution in [0.2, 0.25) is 0 Å². The lowest BCUT2D eigenvalue weighted by Crippen LogP contribution is -2.81. The number of hydrogen-bond acceptors (Lipinski definition) is 23. The van der Waals surface area contributed by atoms with E-state index >= 15 is 9.59 Å². The number of benzene rings is 4. The third-order valence-corrected chi connectivity index (χ3v) is 30.4. The van der Waals surface area contributed by atoms with Crippen LogP contribution in [0.1, 0.15) is 144 Å². The summed E-state index contributed by atoms with van der Waals surface area (Å²) in [5.41, 5.74) is -0.577. The minimum atomic E-state index is -2.30. The number of hydrogen-bond donors (Lipinski definition) is 5. The molecular formula is C91H112N8O17. The van der Waals surface area contributed by atoms with Crippen LogP contribution >= 0.6 is 0 Å². The highest BCUT2D eigenvalue weighted by Gasteiger charge is 2.83. The van der Waals surface area contributed by atoms with E-state index in [-0.39, 0.29) is 29.9 Å². The van der Waals surface area contributed by atoms with Crippen LogP contribution < -0.4 is 19.3 Å². The minimum absolute atomic E-state index is 0.0284. The van der Waals surface area contributed by atoms with E-state index in [9.17, 15) is 34.5 Å². The average molecular weight is 1590 g/mol. The van der Waals surface area contributed by atoms with Crippen molar-refractivity contribution in [1.82, 2.24) is 29.6 Å². The number of aromatic amines is 2. The average Bonchev–Trinajstić information content (AvgIpc) is 1.47. The molecule has 5 N–H and O–H groups in total. The molecule has 4 aromatic carbocycles. The van der Waals surface area contributed by atoms with Crippen molar-refractivity contribution in [3.05, 3.63) is 154 Å². The smallest absolute Gasteiger partial charge is 0.344 e. The third-order valence-electron chi connectivity index (χ3n) is 30.4. The Kier molecular flexibility index (Phi) is 19.4. The quantitative estimate of drug-likeness (QED) is 0.0387. The third kappa shape index (κ3) is 10.6. The molecule has 19 atom stereocenters. The van der Waals surface area contributed by atoms with Crippen molar-refractivity contribution in [1.29, 1.82) is 0 Å². The summed E-state index contributed by atoms with van der Waals surface area (Å²) in [5.74, 6) is -2.87. The van der Waals surface area contributed by atoms with Crippen molar-refractivity contribution < 1.29 is 82.0 Å². The molecule has 618 valence electrons. The minimum Gasteiger partial charge on any atom is -0.496 e. The van der Waals surface area contributed by atoms with Gasteiger partial charge in [-0.3, -0.25) is 38.8 Å². The Balaban J connectivity index is 0.000000167. The lowest BCUT2D eigenvalue weighted by Gasteiger charge is -2.63. The number of rotatable bonds is 14. The zero-order valence-electron chi connectivity index (χ0n) is 69.3. The topological polar surface area (TPSA) is 288 Å². The molecule has 116 heavy (non-hydrogen) atoms. The summed E-state index contributed by atoms with van der Waals surface area (Å²) < 4.78 is 47.8. The lowest BCUT2D eigenvalue weighted by molar-refractivity contribution is -0.229. The molecule has 18 rings (SSSR count). The molecule has 2 saturated carbocycles. The summed E-state index contributed by atoms with van der Waals surface area (Å²) in [6, 6.07) is 22.1. The van der Waals surface area contributed by atoms with E-state index < -0.39 is 103 Å². The fourth-order valence-corrected chi connectivity index (χ4v) is 26.4. The molecular weight excluding hydrogens is 1480 g/mol. The first-order valence-electron chi connectivity index (χ1n) is 41.6. The molecule has 12 heterocycles. The number of methoxy groups -OCH3 is 6. The summed E-state index contributed by atoms with van der Waals surface area (Å²) in [6.07, 6.45) is 13.6. The van der Waals surface area contributed by atoms with E-state index in [0.717, 1.165) is 86.3 Å². The highest BCUT2D eigenvalue weighted by atomic mass is 16.6. The fraction of sp³-hybridized carbons (Fsp3) is 0.560. The number of aliphatic hydroxyl groups is 3. The molecule has 12 aliphatic rings. The van der Waals surface area contributed by atoms with Gasteiger partial charge in [-0.25, -0.2) is 9.59 Å². The van der Waals surface area contributed by atoms with Gasteiger partial charge in [0.05, 0.1) is 60.3 Å². The summed E-state index contributed by atoms with van der Waals surface area (Å²) in [4.78, 5) is 106. The van der Waals surface area contributed by atoms with Gasteiger partial charge in [-0.05, 0) is 136 Å². The highest BCUT2D eigenvalue weighted by Crippen LogP contribution is 2.71. The van der Waals surface area contributed by atoms with Crippen molar-refractivity contribution >= 4 is 69.0 Å². The molecule has 3 saturated heterocycles. The molecule has 25 heteroatoms. The van der Waals surface area contributed by atoms with E-state index in [1.807, 2.05) is 87.1 Å². The first kappa shape index (κ1) is 79.4. The SMILES string of the molecule is CCC1=C[C@@H]2CN(C1)Cc1c([nH]c3ccccc13)[C@@](C(=O)OC)(c1cc3c(cc1OC)N(C)[C@H]1[C@@](O)(C(=O)OC)[C@H](OC(C)=O)[C@]4(CC)C=CCN5CC[C@]31[C@@H]54)C2.CC[C@]1(O)C[C@@H]2CN(CCc3c([nH]c4ccccc34)[C@@](C(=O)OC)(c3cc4c(cc3OC)N(C)[C@H]3[C@@](O)(C(=O)OC)[C@H](OC(C)=O)[C@]5(CC)C=CCN6CC[C@]43[C@@H]65)C2)C1. The number of anilines is 2. The predicted octanol–water partition coefficient (Wildman–Crippen LogP) is 8.74. The van der Waals surface area contributed by atoms with E-state index in [1.54, 1.807) is 14.2 Å².